The summed E-state index contributed by atoms with van der Waals surface area (Å²) in [4.78, 5) is 22.6. The predicted octanol–water partition coefficient (Wildman–Crippen LogP) is 1.78. The summed E-state index contributed by atoms with van der Waals surface area (Å²) in [5.41, 5.74) is 1.44. The van der Waals surface area contributed by atoms with Gasteiger partial charge in [0.05, 0.1) is 6.10 Å². The molecule has 4 atom stereocenters. The molecule has 1 fully saturated rings. The monoisotopic (exact) mass is 264 g/mol. The molecule has 0 radical (unpaired) electrons. The van der Waals surface area contributed by atoms with E-state index in [-0.39, 0.29) is 29.7 Å². The Bertz CT molecular complexity index is 449. The van der Waals surface area contributed by atoms with Gasteiger partial charge in [-0.1, -0.05) is 19.1 Å². The van der Waals surface area contributed by atoms with Gasteiger partial charge in [0.2, 0.25) is 0 Å². The Kier molecular flexibility index (Phi) is 3.90. The van der Waals surface area contributed by atoms with E-state index in [1.54, 1.807) is 6.92 Å². The molecule has 1 N–H and O–H groups in total. The van der Waals surface area contributed by atoms with Gasteiger partial charge in [-0.05, 0) is 25.8 Å². The van der Waals surface area contributed by atoms with Gasteiger partial charge in [0.1, 0.15) is 11.9 Å². The third kappa shape index (κ3) is 2.78. The Balaban J connectivity index is 2.23. The van der Waals surface area contributed by atoms with Gasteiger partial charge in [0.15, 0.2) is 0 Å². The second-order valence-corrected chi connectivity index (χ2v) is 5.54. The third-order valence-corrected chi connectivity index (χ3v) is 4.15. The Morgan fingerprint density at radius 3 is 2.89 bits per heavy atom. The first-order valence-corrected chi connectivity index (χ1v) is 6.68. The van der Waals surface area contributed by atoms with E-state index >= 15 is 0 Å². The second-order valence-electron chi connectivity index (χ2n) is 5.54. The van der Waals surface area contributed by atoms with Crippen molar-refractivity contribution in [3.05, 3.63) is 23.8 Å². The van der Waals surface area contributed by atoms with Crippen LogP contribution in [-0.4, -0.2) is 29.1 Å². The zero-order valence-corrected chi connectivity index (χ0v) is 11.4. The quantitative estimate of drug-likeness (QED) is 0.479. The summed E-state index contributed by atoms with van der Waals surface area (Å²) < 4.78 is 5.28. The van der Waals surface area contributed by atoms with Crippen molar-refractivity contribution in [2.45, 2.75) is 45.3 Å². The lowest BCUT2D eigenvalue weighted by molar-refractivity contribution is -0.137. The molecule has 0 spiro atoms. The van der Waals surface area contributed by atoms with E-state index in [9.17, 15) is 14.7 Å². The molecular weight excluding hydrogens is 244 g/mol. The fourth-order valence-electron chi connectivity index (χ4n) is 2.76. The van der Waals surface area contributed by atoms with Crippen LogP contribution >= 0.6 is 0 Å². The highest BCUT2D eigenvalue weighted by molar-refractivity contribution is 5.91. The number of Topliss-reactive ketones (excluding diaryl/α,β-unsaturated/α-hetero) is 1. The van der Waals surface area contributed by atoms with Gasteiger partial charge in [-0.3, -0.25) is 0 Å². The molecule has 0 aromatic carbocycles. The van der Waals surface area contributed by atoms with Crippen LogP contribution in [0.1, 0.15) is 33.1 Å². The molecule has 0 unspecified atom stereocenters. The molecule has 1 aliphatic carbocycles. The molecule has 0 aromatic heterocycles. The van der Waals surface area contributed by atoms with Crippen LogP contribution in [0.3, 0.4) is 0 Å². The van der Waals surface area contributed by atoms with Crippen molar-refractivity contribution in [2.24, 2.45) is 11.8 Å². The maximum absolute atomic E-state index is 11.5. The average Bonchev–Trinajstić information content (AvgIpc) is 2.53. The van der Waals surface area contributed by atoms with Crippen molar-refractivity contribution >= 4 is 11.8 Å². The lowest BCUT2D eigenvalue weighted by Crippen LogP contribution is -2.22. The Labute approximate surface area is 113 Å². The minimum absolute atomic E-state index is 0.0172. The molecule has 4 heteroatoms. The highest BCUT2D eigenvalue weighted by Crippen LogP contribution is 2.38. The minimum atomic E-state index is -0.528. The molecule has 1 heterocycles. The van der Waals surface area contributed by atoms with Gasteiger partial charge in [0, 0.05) is 23.8 Å². The van der Waals surface area contributed by atoms with E-state index in [1.807, 2.05) is 13.0 Å². The van der Waals surface area contributed by atoms with Gasteiger partial charge < -0.3 is 14.6 Å². The fourth-order valence-corrected chi connectivity index (χ4v) is 2.76. The minimum Gasteiger partial charge on any atom is -0.454 e. The molecule has 0 amide bonds. The third-order valence-electron chi connectivity index (χ3n) is 4.15. The van der Waals surface area contributed by atoms with Crippen molar-refractivity contribution in [1.82, 2.24) is 0 Å². The molecule has 0 aromatic rings. The molecule has 1 aliphatic heterocycles. The lowest BCUT2D eigenvalue weighted by Gasteiger charge is -2.20. The van der Waals surface area contributed by atoms with Gasteiger partial charge >= 0.3 is 5.97 Å². The normalized spacial score (nSPS) is 34.4. The van der Waals surface area contributed by atoms with E-state index < -0.39 is 6.10 Å². The first kappa shape index (κ1) is 14.0. The summed E-state index contributed by atoms with van der Waals surface area (Å²) in [6.45, 7) is 7.25. The van der Waals surface area contributed by atoms with Crippen LogP contribution in [0.2, 0.25) is 0 Å². The van der Waals surface area contributed by atoms with Crippen LogP contribution in [0, 0.1) is 11.8 Å². The summed E-state index contributed by atoms with van der Waals surface area (Å²) in [5.74, 6) is -0.411. The molecule has 1 saturated heterocycles. The number of fused-ring (bicyclic) bond motifs is 1. The standard InChI is InChI=1S/C15H20O4/c1-8(16)4-5-11-6-14-12(7-13(17)9(11)2)10(3)15(18)19-14/h6,9,12-14,17H,3-5,7H2,1-2H3/t9-,12+,13-,14-/m1/s1. The van der Waals surface area contributed by atoms with Gasteiger partial charge in [0.25, 0.3) is 0 Å². The number of carbonyl (C=O) groups excluding carboxylic acids is 2. The number of hydrogen-bond acceptors (Lipinski definition) is 4. The van der Waals surface area contributed by atoms with Crippen LogP contribution in [0.15, 0.2) is 23.8 Å². The number of aliphatic hydroxyl groups excluding tert-OH is 1. The summed E-state index contributed by atoms with van der Waals surface area (Å²) >= 11 is 0. The Hall–Kier alpha value is -1.42. The number of hydrogen-bond donors (Lipinski definition) is 1. The van der Waals surface area contributed by atoms with Crippen LogP contribution in [-0.2, 0) is 14.3 Å². The molecular formula is C15H20O4. The number of ketones is 1. The van der Waals surface area contributed by atoms with E-state index in [0.29, 0.717) is 24.8 Å². The molecule has 19 heavy (non-hydrogen) atoms. The molecule has 2 rings (SSSR count). The maximum Gasteiger partial charge on any atom is 0.334 e. The number of ether oxygens (including phenoxy) is 1. The van der Waals surface area contributed by atoms with Crippen molar-refractivity contribution in [2.75, 3.05) is 0 Å². The lowest BCUT2D eigenvalue weighted by atomic mass is 9.88. The zero-order chi connectivity index (χ0) is 14.2. The van der Waals surface area contributed by atoms with Gasteiger partial charge in [-0.25, -0.2) is 4.79 Å². The number of esters is 1. The van der Waals surface area contributed by atoms with Crippen molar-refractivity contribution in [1.29, 1.82) is 0 Å². The molecule has 104 valence electrons. The predicted molar refractivity (Wildman–Crippen MR) is 70.3 cm³/mol. The molecule has 0 saturated carbocycles. The van der Waals surface area contributed by atoms with Crippen molar-refractivity contribution < 1.29 is 19.4 Å². The van der Waals surface area contributed by atoms with Gasteiger partial charge in [-0.15, -0.1) is 0 Å². The SMILES string of the molecule is C=C1C(=O)O[C@@H]2C=C(CCC(C)=O)[C@@H](C)[C@H](O)C[C@@H]12. The van der Waals surface area contributed by atoms with Crippen LogP contribution in [0.25, 0.3) is 0 Å². The smallest absolute Gasteiger partial charge is 0.334 e. The fraction of sp³-hybridized carbons (Fsp3) is 0.600. The first-order chi connectivity index (χ1) is 8.90. The maximum atomic E-state index is 11.5. The van der Waals surface area contributed by atoms with E-state index in [4.69, 9.17) is 4.74 Å². The summed E-state index contributed by atoms with van der Waals surface area (Å²) in [5, 5.41) is 10.2. The van der Waals surface area contributed by atoms with E-state index in [0.717, 1.165) is 5.57 Å². The van der Waals surface area contributed by atoms with Crippen molar-refractivity contribution in [3.8, 4) is 0 Å². The van der Waals surface area contributed by atoms with Crippen LogP contribution in [0.4, 0.5) is 0 Å². The second kappa shape index (κ2) is 5.29. The summed E-state index contributed by atoms with van der Waals surface area (Å²) in [6.07, 6.45) is 2.60. The molecule has 4 nitrogen and oxygen atoms in total. The summed E-state index contributed by atoms with van der Waals surface area (Å²) in [6, 6.07) is 0. The largest absolute Gasteiger partial charge is 0.454 e. The highest BCUT2D eigenvalue weighted by atomic mass is 16.6. The molecule has 0 bridgehead atoms. The van der Waals surface area contributed by atoms with Crippen molar-refractivity contribution in [3.63, 3.8) is 0 Å². The average molecular weight is 264 g/mol. The van der Waals surface area contributed by atoms with Crippen LogP contribution < -0.4 is 0 Å². The number of rotatable bonds is 3. The number of carbonyl (C=O) groups is 2. The highest BCUT2D eigenvalue weighted by Gasteiger charge is 2.41. The van der Waals surface area contributed by atoms with Gasteiger partial charge in [-0.2, -0.15) is 0 Å². The Morgan fingerprint density at radius 1 is 1.58 bits per heavy atom. The molecule has 2 aliphatic rings. The van der Waals surface area contributed by atoms with E-state index in [2.05, 4.69) is 6.58 Å². The van der Waals surface area contributed by atoms with E-state index in [1.165, 1.54) is 0 Å². The van der Waals surface area contributed by atoms with Crippen LogP contribution in [0.5, 0.6) is 0 Å². The topological polar surface area (TPSA) is 63.6 Å². The number of aliphatic hydroxyl groups is 1. The summed E-state index contributed by atoms with van der Waals surface area (Å²) in [7, 11) is 0. The zero-order valence-electron chi connectivity index (χ0n) is 11.4. The first-order valence-electron chi connectivity index (χ1n) is 6.68. The Morgan fingerprint density at radius 2 is 2.26 bits per heavy atom.